The number of pyridine rings is 1. The number of halogens is 1. The number of carbonyl (C=O) groups excluding carboxylic acids is 1. The number of fused-ring (bicyclic) bond motifs is 1. The van der Waals surface area contributed by atoms with Gasteiger partial charge in [0.05, 0.1) is 13.0 Å². The number of ether oxygens (including phenoxy) is 1. The Morgan fingerprint density at radius 1 is 1.50 bits per heavy atom. The second kappa shape index (κ2) is 5.28. The Hall–Kier alpha value is -1.82. The van der Waals surface area contributed by atoms with E-state index in [4.69, 9.17) is 16.3 Å². The number of hydrogen-bond acceptors (Lipinski definition) is 4. The van der Waals surface area contributed by atoms with Crippen LogP contribution < -0.4 is 10.1 Å². The first-order valence-electron chi connectivity index (χ1n) is 6.46. The maximum atomic E-state index is 11.3. The smallest absolute Gasteiger partial charge is 0.220 e. The van der Waals surface area contributed by atoms with Gasteiger partial charge in [0, 0.05) is 25.1 Å². The van der Waals surface area contributed by atoms with Crippen molar-refractivity contribution in [2.75, 3.05) is 7.11 Å². The molecule has 1 atom stereocenters. The van der Waals surface area contributed by atoms with Crippen molar-refractivity contribution in [1.82, 2.24) is 19.9 Å². The first kappa shape index (κ1) is 13.2. The van der Waals surface area contributed by atoms with Crippen molar-refractivity contribution in [3.8, 4) is 5.88 Å². The topological polar surface area (TPSA) is 69.0 Å². The fraction of sp³-hybridized carbons (Fsp3) is 0.462. The lowest BCUT2D eigenvalue weighted by atomic mass is 10.2. The van der Waals surface area contributed by atoms with E-state index in [2.05, 4.69) is 15.3 Å². The highest BCUT2D eigenvalue weighted by atomic mass is 35.5. The second-order valence-electron chi connectivity index (χ2n) is 4.77. The minimum Gasteiger partial charge on any atom is -0.481 e. The number of nitrogens with one attached hydrogen (secondary N) is 1. The molecule has 0 aliphatic carbocycles. The molecular formula is C13H15ClN4O2. The molecule has 1 saturated heterocycles. The first-order valence-corrected chi connectivity index (χ1v) is 7.00. The predicted octanol–water partition coefficient (Wildman–Crippen LogP) is 1.46. The number of amides is 1. The minimum absolute atomic E-state index is 0.0948. The molecule has 1 amide bonds. The summed E-state index contributed by atoms with van der Waals surface area (Å²) in [6.07, 6.45) is 1.40. The Bertz CT molecular complexity index is 655. The molecule has 1 aliphatic heterocycles. The van der Waals surface area contributed by atoms with Gasteiger partial charge < -0.3 is 14.6 Å². The van der Waals surface area contributed by atoms with Crippen LogP contribution in [0.2, 0.25) is 0 Å². The van der Waals surface area contributed by atoms with Crippen molar-refractivity contribution in [3.63, 3.8) is 0 Å². The van der Waals surface area contributed by atoms with Crippen molar-refractivity contribution in [1.29, 1.82) is 0 Å². The molecule has 3 heterocycles. The van der Waals surface area contributed by atoms with Gasteiger partial charge in [-0.05, 0) is 12.5 Å². The van der Waals surface area contributed by atoms with Crippen LogP contribution in [0.4, 0.5) is 0 Å². The van der Waals surface area contributed by atoms with Gasteiger partial charge in [0.2, 0.25) is 11.8 Å². The molecule has 106 valence electrons. The number of rotatable bonds is 4. The average molecular weight is 295 g/mol. The van der Waals surface area contributed by atoms with Gasteiger partial charge in [-0.1, -0.05) is 0 Å². The second-order valence-corrected chi connectivity index (χ2v) is 5.04. The largest absolute Gasteiger partial charge is 0.481 e. The van der Waals surface area contributed by atoms with Gasteiger partial charge in [-0.15, -0.1) is 11.6 Å². The molecular weight excluding hydrogens is 280 g/mol. The standard InChI is InChI=1S/C13H15ClN4O2/c1-20-12-5-3-9-13(17-12)18(10(6-14)16-9)7-8-2-4-11(19)15-8/h3,5,8H,2,4,6-7H2,1H3,(H,15,19). The van der Waals surface area contributed by atoms with Gasteiger partial charge >= 0.3 is 0 Å². The summed E-state index contributed by atoms with van der Waals surface area (Å²) < 4.78 is 7.11. The molecule has 7 heteroatoms. The number of methoxy groups -OCH3 is 1. The number of carbonyl (C=O) groups is 1. The molecule has 0 spiro atoms. The van der Waals surface area contributed by atoms with Crippen LogP contribution in [0.3, 0.4) is 0 Å². The van der Waals surface area contributed by atoms with Crippen LogP contribution in [-0.4, -0.2) is 33.6 Å². The third-order valence-corrected chi connectivity index (χ3v) is 3.70. The summed E-state index contributed by atoms with van der Waals surface area (Å²) in [7, 11) is 1.58. The fourth-order valence-corrected chi connectivity index (χ4v) is 2.68. The van der Waals surface area contributed by atoms with E-state index in [0.29, 0.717) is 24.7 Å². The summed E-state index contributed by atoms with van der Waals surface area (Å²) in [5, 5.41) is 2.95. The van der Waals surface area contributed by atoms with E-state index in [0.717, 1.165) is 23.4 Å². The summed E-state index contributed by atoms with van der Waals surface area (Å²) in [4.78, 5) is 20.2. The minimum atomic E-state index is 0.0948. The van der Waals surface area contributed by atoms with Crippen LogP contribution in [0.25, 0.3) is 11.2 Å². The van der Waals surface area contributed by atoms with E-state index in [1.54, 1.807) is 13.2 Å². The van der Waals surface area contributed by atoms with E-state index < -0.39 is 0 Å². The zero-order valence-corrected chi connectivity index (χ0v) is 11.9. The Morgan fingerprint density at radius 2 is 2.35 bits per heavy atom. The highest BCUT2D eigenvalue weighted by Gasteiger charge is 2.23. The van der Waals surface area contributed by atoms with Gasteiger partial charge in [0.1, 0.15) is 11.3 Å². The van der Waals surface area contributed by atoms with Crippen LogP contribution in [0.1, 0.15) is 18.7 Å². The lowest BCUT2D eigenvalue weighted by molar-refractivity contribution is -0.119. The molecule has 0 bridgehead atoms. The Kier molecular flexibility index (Phi) is 3.48. The van der Waals surface area contributed by atoms with E-state index in [9.17, 15) is 4.79 Å². The molecule has 2 aromatic heterocycles. The maximum Gasteiger partial charge on any atom is 0.220 e. The van der Waals surface area contributed by atoms with Crippen LogP contribution in [-0.2, 0) is 17.2 Å². The highest BCUT2D eigenvalue weighted by Crippen LogP contribution is 2.21. The lowest BCUT2D eigenvalue weighted by Crippen LogP contribution is -2.30. The van der Waals surface area contributed by atoms with E-state index >= 15 is 0 Å². The van der Waals surface area contributed by atoms with Crippen molar-refractivity contribution >= 4 is 28.7 Å². The van der Waals surface area contributed by atoms with Gasteiger partial charge in [0.15, 0.2) is 5.65 Å². The van der Waals surface area contributed by atoms with Crippen molar-refractivity contribution < 1.29 is 9.53 Å². The first-order chi connectivity index (χ1) is 9.71. The van der Waals surface area contributed by atoms with Gasteiger partial charge in [-0.3, -0.25) is 4.79 Å². The van der Waals surface area contributed by atoms with Gasteiger partial charge in [0.25, 0.3) is 0 Å². The van der Waals surface area contributed by atoms with Gasteiger partial charge in [-0.25, -0.2) is 4.98 Å². The van der Waals surface area contributed by atoms with Crippen LogP contribution in [0.5, 0.6) is 5.88 Å². The van der Waals surface area contributed by atoms with E-state index in [-0.39, 0.29) is 11.9 Å². The molecule has 1 unspecified atom stereocenters. The van der Waals surface area contributed by atoms with Crippen LogP contribution in [0, 0.1) is 0 Å². The summed E-state index contributed by atoms with van der Waals surface area (Å²) in [6, 6.07) is 3.74. The third kappa shape index (κ3) is 2.31. The third-order valence-electron chi connectivity index (χ3n) is 3.46. The van der Waals surface area contributed by atoms with Crippen LogP contribution >= 0.6 is 11.6 Å². The van der Waals surface area contributed by atoms with Crippen molar-refractivity contribution in [3.05, 3.63) is 18.0 Å². The van der Waals surface area contributed by atoms with E-state index in [1.165, 1.54) is 0 Å². The monoisotopic (exact) mass is 294 g/mol. The average Bonchev–Trinajstić information content (AvgIpc) is 3.03. The Morgan fingerprint density at radius 3 is 3.00 bits per heavy atom. The Labute approximate surface area is 121 Å². The van der Waals surface area contributed by atoms with Crippen molar-refractivity contribution in [2.24, 2.45) is 0 Å². The molecule has 1 N–H and O–H groups in total. The fourth-order valence-electron chi connectivity index (χ4n) is 2.47. The normalized spacial score (nSPS) is 18.5. The number of hydrogen-bond donors (Lipinski definition) is 1. The number of nitrogens with zero attached hydrogens (tertiary/aromatic N) is 3. The molecule has 0 radical (unpaired) electrons. The molecule has 1 aliphatic rings. The number of imidazole rings is 1. The maximum absolute atomic E-state index is 11.3. The molecule has 3 rings (SSSR count). The zero-order valence-electron chi connectivity index (χ0n) is 11.1. The molecule has 0 aromatic carbocycles. The summed E-state index contributed by atoms with van der Waals surface area (Å²) in [6.45, 7) is 0.629. The quantitative estimate of drug-likeness (QED) is 0.867. The SMILES string of the molecule is COc1ccc2nc(CCl)n(CC3CCC(=O)N3)c2n1. The lowest BCUT2D eigenvalue weighted by Gasteiger charge is -2.13. The number of alkyl halides is 1. The predicted molar refractivity (Wildman–Crippen MR) is 74.8 cm³/mol. The molecule has 20 heavy (non-hydrogen) atoms. The number of aromatic nitrogens is 3. The van der Waals surface area contributed by atoms with Crippen LogP contribution in [0.15, 0.2) is 12.1 Å². The summed E-state index contributed by atoms with van der Waals surface area (Å²) >= 11 is 5.96. The molecule has 2 aromatic rings. The molecule has 6 nitrogen and oxygen atoms in total. The molecule has 0 saturated carbocycles. The van der Waals surface area contributed by atoms with Crippen molar-refractivity contribution in [2.45, 2.75) is 31.3 Å². The summed E-state index contributed by atoms with van der Waals surface area (Å²) in [5.74, 6) is 1.69. The Balaban J connectivity index is 1.99. The highest BCUT2D eigenvalue weighted by molar-refractivity contribution is 6.16. The summed E-state index contributed by atoms with van der Waals surface area (Å²) in [5.41, 5.74) is 1.52. The molecule has 1 fully saturated rings. The van der Waals surface area contributed by atoms with Gasteiger partial charge in [-0.2, -0.15) is 4.98 Å². The zero-order chi connectivity index (χ0) is 14.1. The van der Waals surface area contributed by atoms with E-state index in [1.807, 2.05) is 10.6 Å².